The normalized spacial score (nSPS) is 31.1. The Labute approximate surface area is 117 Å². The van der Waals surface area contributed by atoms with Crippen molar-refractivity contribution in [3.8, 4) is 5.75 Å². The predicted molar refractivity (Wildman–Crippen MR) is 77.1 cm³/mol. The van der Waals surface area contributed by atoms with Gasteiger partial charge in [-0.3, -0.25) is 0 Å². The first-order chi connectivity index (χ1) is 8.72. The van der Waals surface area contributed by atoms with Gasteiger partial charge < -0.3 is 10.1 Å². The van der Waals surface area contributed by atoms with E-state index in [4.69, 9.17) is 4.74 Å². The molecule has 2 aliphatic rings. The van der Waals surface area contributed by atoms with E-state index in [9.17, 15) is 0 Å². The highest BCUT2D eigenvalue weighted by Gasteiger charge is 2.32. The molecule has 0 aromatic heterocycles. The van der Waals surface area contributed by atoms with Gasteiger partial charge in [-0.05, 0) is 44.7 Å². The number of benzene rings is 1. The topological polar surface area (TPSA) is 21.3 Å². The van der Waals surface area contributed by atoms with Crippen molar-refractivity contribution >= 4 is 15.9 Å². The van der Waals surface area contributed by atoms with Crippen LogP contribution in [0.2, 0.25) is 0 Å². The predicted octanol–water partition coefficient (Wildman–Crippen LogP) is 3.81. The van der Waals surface area contributed by atoms with Gasteiger partial charge in [-0.25, -0.2) is 0 Å². The van der Waals surface area contributed by atoms with Gasteiger partial charge in [0.2, 0.25) is 0 Å². The molecule has 1 N–H and O–H groups in total. The molecule has 0 aliphatic carbocycles. The number of halogens is 1. The Morgan fingerprint density at radius 2 is 1.94 bits per heavy atom. The summed E-state index contributed by atoms with van der Waals surface area (Å²) in [5.41, 5.74) is 1.21. The van der Waals surface area contributed by atoms with Crippen LogP contribution in [0.4, 0.5) is 0 Å². The summed E-state index contributed by atoms with van der Waals surface area (Å²) in [5.74, 6) is 1.04. The van der Waals surface area contributed by atoms with Gasteiger partial charge in [-0.1, -0.05) is 28.4 Å². The molecule has 2 nitrogen and oxygen atoms in total. The molecule has 2 fully saturated rings. The minimum atomic E-state index is 0.384. The molecule has 1 aromatic rings. The first kappa shape index (κ1) is 12.5. The van der Waals surface area contributed by atoms with Crippen molar-refractivity contribution in [1.29, 1.82) is 0 Å². The third kappa shape index (κ3) is 2.57. The van der Waals surface area contributed by atoms with Crippen LogP contribution in [0.15, 0.2) is 22.7 Å². The molecule has 0 spiro atoms. The number of piperidine rings is 2. The van der Waals surface area contributed by atoms with E-state index in [1.54, 1.807) is 0 Å². The summed E-state index contributed by atoms with van der Waals surface area (Å²) in [6.45, 7) is 2.11. The molecule has 1 aromatic carbocycles. The lowest BCUT2D eigenvalue weighted by atomic mass is 9.85. The van der Waals surface area contributed by atoms with Gasteiger partial charge in [-0.2, -0.15) is 0 Å². The van der Waals surface area contributed by atoms with Crippen LogP contribution >= 0.6 is 15.9 Å². The highest BCUT2D eigenvalue weighted by atomic mass is 79.9. The van der Waals surface area contributed by atoms with Crippen LogP contribution in [0.25, 0.3) is 0 Å². The third-order valence-electron chi connectivity index (χ3n) is 4.18. The molecule has 1 unspecified atom stereocenters. The monoisotopic (exact) mass is 309 g/mol. The Morgan fingerprint density at radius 1 is 1.22 bits per heavy atom. The zero-order valence-electron chi connectivity index (χ0n) is 10.8. The summed E-state index contributed by atoms with van der Waals surface area (Å²) in [4.78, 5) is 0. The number of nitrogens with one attached hydrogen (secondary N) is 1. The maximum absolute atomic E-state index is 6.23. The van der Waals surface area contributed by atoms with E-state index in [0.717, 1.165) is 23.1 Å². The molecule has 2 bridgehead atoms. The fourth-order valence-electron chi connectivity index (χ4n) is 3.20. The van der Waals surface area contributed by atoms with Crippen molar-refractivity contribution in [2.45, 2.75) is 57.2 Å². The molecule has 98 valence electrons. The lowest BCUT2D eigenvalue weighted by Crippen LogP contribution is -2.51. The van der Waals surface area contributed by atoms with E-state index >= 15 is 0 Å². The van der Waals surface area contributed by atoms with Crippen molar-refractivity contribution in [3.63, 3.8) is 0 Å². The van der Waals surface area contributed by atoms with Crippen molar-refractivity contribution in [2.24, 2.45) is 0 Å². The standard InChI is InChI=1S/C15H20BrNO/c1-10-14(16)6-3-7-15(10)18-13-8-11-4-2-5-12(9-13)17-11/h3,6-7,11-13,17H,2,4-5,8-9H2,1H3/t11-,12+,13?. The fraction of sp³-hybridized carbons (Fsp3) is 0.600. The second kappa shape index (κ2) is 5.22. The van der Waals surface area contributed by atoms with Crippen LogP contribution in [0, 0.1) is 6.92 Å². The van der Waals surface area contributed by atoms with Gasteiger partial charge in [0, 0.05) is 22.1 Å². The van der Waals surface area contributed by atoms with Crippen LogP contribution < -0.4 is 10.1 Å². The first-order valence-electron chi connectivity index (χ1n) is 6.90. The largest absolute Gasteiger partial charge is 0.490 e. The summed E-state index contributed by atoms with van der Waals surface area (Å²) in [7, 11) is 0. The Balaban J connectivity index is 1.71. The zero-order valence-corrected chi connectivity index (χ0v) is 12.4. The van der Waals surface area contributed by atoms with E-state index in [2.05, 4.69) is 40.3 Å². The van der Waals surface area contributed by atoms with Crippen molar-refractivity contribution < 1.29 is 4.74 Å². The summed E-state index contributed by atoms with van der Waals surface area (Å²) >= 11 is 3.57. The molecule has 2 heterocycles. The minimum absolute atomic E-state index is 0.384. The van der Waals surface area contributed by atoms with Crippen LogP contribution in [-0.2, 0) is 0 Å². The molecule has 18 heavy (non-hydrogen) atoms. The smallest absolute Gasteiger partial charge is 0.123 e. The lowest BCUT2D eigenvalue weighted by molar-refractivity contribution is 0.0921. The second-order valence-corrected chi connectivity index (χ2v) is 6.42. The molecule has 0 radical (unpaired) electrons. The SMILES string of the molecule is Cc1c(Br)cccc1OC1C[C@H]2CCC[C@@H](C1)N2. The van der Waals surface area contributed by atoms with Crippen LogP contribution in [0.1, 0.15) is 37.7 Å². The average Bonchev–Trinajstić information content (AvgIpc) is 2.35. The molecule has 3 atom stereocenters. The third-order valence-corrected chi connectivity index (χ3v) is 5.04. The fourth-order valence-corrected chi connectivity index (χ4v) is 3.55. The molecule has 2 aliphatic heterocycles. The summed E-state index contributed by atoms with van der Waals surface area (Å²) in [6.07, 6.45) is 6.70. The van der Waals surface area contributed by atoms with Gasteiger partial charge in [0.05, 0.1) is 0 Å². The number of ether oxygens (including phenoxy) is 1. The van der Waals surface area contributed by atoms with E-state index in [1.165, 1.54) is 24.8 Å². The number of hydrogen-bond acceptors (Lipinski definition) is 2. The van der Waals surface area contributed by atoms with Crippen molar-refractivity contribution in [2.75, 3.05) is 0 Å². The molecular formula is C15H20BrNO. The van der Waals surface area contributed by atoms with Gasteiger partial charge in [0.25, 0.3) is 0 Å². The van der Waals surface area contributed by atoms with E-state index < -0.39 is 0 Å². The second-order valence-electron chi connectivity index (χ2n) is 5.57. The summed E-state index contributed by atoms with van der Waals surface area (Å²) in [5, 5.41) is 3.71. The molecule has 3 heteroatoms. The summed E-state index contributed by atoms with van der Waals surface area (Å²) < 4.78 is 7.37. The molecule has 3 rings (SSSR count). The van der Waals surface area contributed by atoms with E-state index in [0.29, 0.717) is 18.2 Å². The number of hydrogen-bond donors (Lipinski definition) is 1. The van der Waals surface area contributed by atoms with Crippen molar-refractivity contribution in [3.05, 3.63) is 28.2 Å². The first-order valence-corrected chi connectivity index (χ1v) is 7.69. The average molecular weight is 310 g/mol. The van der Waals surface area contributed by atoms with Gasteiger partial charge >= 0.3 is 0 Å². The Hall–Kier alpha value is -0.540. The lowest BCUT2D eigenvalue weighted by Gasteiger charge is -2.40. The molecular weight excluding hydrogens is 290 g/mol. The number of rotatable bonds is 2. The van der Waals surface area contributed by atoms with E-state index in [-0.39, 0.29) is 0 Å². The van der Waals surface area contributed by atoms with Gasteiger partial charge in [-0.15, -0.1) is 0 Å². The quantitative estimate of drug-likeness (QED) is 0.897. The minimum Gasteiger partial charge on any atom is -0.490 e. The molecule has 0 saturated carbocycles. The molecule has 0 amide bonds. The summed E-state index contributed by atoms with van der Waals surface area (Å²) in [6, 6.07) is 7.55. The van der Waals surface area contributed by atoms with E-state index in [1.807, 2.05) is 6.07 Å². The highest BCUT2D eigenvalue weighted by molar-refractivity contribution is 9.10. The van der Waals surface area contributed by atoms with Crippen LogP contribution in [0.5, 0.6) is 5.75 Å². The number of fused-ring (bicyclic) bond motifs is 2. The van der Waals surface area contributed by atoms with Gasteiger partial charge in [0.15, 0.2) is 0 Å². The maximum Gasteiger partial charge on any atom is 0.123 e. The highest BCUT2D eigenvalue weighted by Crippen LogP contribution is 2.31. The Bertz CT molecular complexity index is 423. The Kier molecular flexibility index (Phi) is 3.62. The molecule has 2 saturated heterocycles. The Morgan fingerprint density at radius 3 is 2.67 bits per heavy atom. The van der Waals surface area contributed by atoms with Gasteiger partial charge in [0.1, 0.15) is 11.9 Å². The van der Waals surface area contributed by atoms with Crippen LogP contribution in [0.3, 0.4) is 0 Å². The van der Waals surface area contributed by atoms with Crippen molar-refractivity contribution in [1.82, 2.24) is 5.32 Å². The van der Waals surface area contributed by atoms with Crippen LogP contribution in [-0.4, -0.2) is 18.2 Å². The zero-order chi connectivity index (χ0) is 12.5. The maximum atomic E-state index is 6.23.